The van der Waals surface area contributed by atoms with Crippen LogP contribution in [0, 0.1) is 0 Å². The number of pyridine rings is 1. The average Bonchev–Trinajstić information content (AvgIpc) is 2.42. The highest BCUT2D eigenvalue weighted by Gasteiger charge is 2.31. The van der Waals surface area contributed by atoms with E-state index in [0.717, 1.165) is 25.9 Å². The number of carbonyl (C=O) groups is 1. The standard InChI is InChI=1S/C14H21N3O2/c1-14(6-9-17(2)10-7-14)16-13(18)12-11(19-3)5-4-8-15-12/h4-5,8H,6-7,9-10H2,1-3H3,(H,16,18). The van der Waals surface area contributed by atoms with Crippen molar-refractivity contribution >= 4 is 5.91 Å². The van der Waals surface area contributed by atoms with Crippen LogP contribution in [-0.4, -0.2) is 48.6 Å². The van der Waals surface area contributed by atoms with Crippen LogP contribution in [0.25, 0.3) is 0 Å². The molecule has 5 nitrogen and oxygen atoms in total. The molecule has 0 unspecified atom stereocenters. The summed E-state index contributed by atoms with van der Waals surface area (Å²) < 4.78 is 5.17. The van der Waals surface area contributed by atoms with Crippen molar-refractivity contribution in [3.05, 3.63) is 24.0 Å². The molecule has 0 radical (unpaired) electrons. The Bertz CT molecular complexity index is 454. The molecule has 2 rings (SSSR count). The van der Waals surface area contributed by atoms with Crippen LogP contribution in [0.15, 0.2) is 18.3 Å². The third-order valence-corrected chi connectivity index (χ3v) is 3.71. The molecule has 1 fully saturated rings. The molecule has 0 atom stereocenters. The maximum absolute atomic E-state index is 12.3. The minimum absolute atomic E-state index is 0.161. The Morgan fingerprint density at radius 1 is 1.47 bits per heavy atom. The first-order chi connectivity index (χ1) is 9.04. The minimum atomic E-state index is -0.162. The van der Waals surface area contributed by atoms with Gasteiger partial charge >= 0.3 is 0 Å². The molecule has 2 heterocycles. The van der Waals surface area contributed by atoms with Gasteiger partial charge in [0.25, 0.3) is 5.91 Å². The van der Waals surface area contributed by atoms with E-state index in [1.54, 1.807) is 25.4 Å². The smallest absolute Gasteiger partial charge is 0.274 e. The van der Waals surface area contributed by atoms with Crippen molar-refractivity contribution in [2.45, 2.75) is 25.3 Å². The second kappa shape index (κ2) is 5.57. The van der Waals surface area contributed by atoms with Crippen molar-refractivity contribution in [1.29, 1.82) is 0 Å². The molecule has 1 aliphatic rings. The summed E-state index contributed by atoms with van der Waals surface area (Å²) in [6.45, 7) is 4.08. The van der Waals surface area contributed by atoms with Gasteiger partial charge in [0.05, 0.1) is 7.11 Å². The number of carbonyl (C=O) groups excluding carboxylic acids is 1. The number of ether oxygens (including phenoxy) is 1. The summed E-state index contributed by atoms with van der Waals surface area (Å²) in [6, 6.07) is 3.51. The summed E-state index contributed by atoms with van der Waals surface area (Å²) in [4.78, 5) is 18.7. The van der Waals surface area contributed by atoms with Crippen molar-refractivity contribution in [2.75, 3.05) is 27.2 Å². The number of hydrogen-bond acceptors (Lipinski definition) is 4. The van der Waals surface area contributed by atoms with E-state index in [4.69, 9.17) is 4.74 Å². The average molecular weight is 263 g/mol. The Balaban J connectivity index is 2.08. The fourth-order valence-corrected chi connectivity index (χ4v) is 2.30. The van der Waals surface area contributed by atoms with Gasteiger partial charge in [0.15, 0.2) is 5.69 Å². The van der Waals surface area contributed by atoms with Gasteiger partial charge in [-0.2, -0.15) is 0 Å². The summed E-state index contributed by atoms with van der Waals surface area (Å²) in [5, 5.41) is 3.10. The Kier molecular flexibility index (Phi) is 4.04. The summed E-state index contributed by atoms with van der Waals surface area (Å²) in [5.41, 5.74) is 0.191. The number of nitrogens with one attached hydrogen (secondary N) is 1. The summed E-state index contributed by atoms with van der Waals surface area (Å²) in [7, 11) is 3.65. The molecule has 0 aliphatic carbocycles. The number of amides is 1. The van der Waals surface area contributed by atoms with Crippen LogP contribution in [0.3, 0.4) is 0 Å². The predicted octanol–water partition coefficient (Wildman–Crippen LogP) is 1.30. The van der Waals surface area contributed by atoms with Gasteiger partial charge in [-0.15, -0.1) is 0 Å². The van der Waals surface area contributed by atoms with Crippen molar-refractivity contribution in [2.24, 2.45) is 0 Å². The molecule has 1 aromatic rings. The van der Waals surface area contributed by atoms with Gasteiger partial charge in [0.1, 0.15) is 5.75 Å². The zero-order chi connectivity index (χ0) is 13.9. The molecular weight excluding hydrogens is 242 g/mol. The van der Waals surface area contributed by atoms with E-state index in [2.05, 4.69) is 29.2 Å². The molecule has 0 saturated carbocycles. The lowest BCUT2D eigenvalue weighted by Crippen LogP contribution is -2.52. The Morgan fingerprint density at radius 2 is 2.16 bits per heavy atom. The van der Waals surface area contributed by atoms with E-state index in [1.165, 1.54) is 0 Å². The lowest BCUT2D eigenvalue weighted by molar-refractivity contribution is 0.0843. The number of nitrogens with zero attached hydrogens (tertiary/aromatic N) is 2. The van der Waals surface area contributed by atoms with Gasteiger partial charge in [-0.05, 0) is 38.9 Å². The summed E-state index contributed by atoms with van der Waals surface area (Å²) in [6.07, 6.45) is 3.50. The van der Waals surface area contributed by atoms with Gasteiger partial charge in [-0.3, -0.25) is 4.79 Å². The van der Waals surface area contributed by atoms with E-state index in [1.807, 2.05) is 0 Å². The van der Waals surface area contributed by atoms with Gasteiger partial charge < -0.3 is 15.0 Å². The lowest BCUT2D eigenvalue weighted by Gasteiger charge is -2.38. The minimum Gasteiger partial charge on any atom is -0.494 e. The predicted molar refractivity (Wildman–Crippen MR) is 73.4 cm³/mol. The maximum Gasteiger partial charge on any atom is 0.274 e. The fourth-order valence-electron chi connectivity index (χ4n) is 2.30. The van der Waals surface area contributed by atoms with Crippen LogP contribution in [0.5, 0.6) is 5.75 Å². The SMILES string of the molecule is COc1cccnc1C(=O)NC1(C)CCN(C)CC1. The van der Waals surface area contributed by atoms with Gasteiger partial charge in [-0.25, -0.2) is 4.98 Å². The second-order valence-corrected chi connectivity index (χ2v) is 5.37. The first-order valence-electron chi connectivity index (χ1n) is 6.54. The number of methoxy groups -OCH3 is 1. The first-order valence-corrected chi connectivity index (χ1v) is 6.54. The monoisotopic (exact) mass is 263 g/mol. The van der Waals surface area contributed by atoms with Gasteiger partial charge in [0.2, 0.25) is 0 Å². The van der Waals surface area contributed by atoms with Crippen LogP contribution < -0.4 is 10.1 Å². The third kappa shape index (κ3) is 3.23. The molecule has 0 bridgehead atoms. The van der Waals surface area contributed by atoms with E-state index < -0.39 is 0 Å². The number of piperidine rings is 1. The highest BCUT2D eigenvalue weighted by molar-refractivity contribution is 5.95. The molecule has 1 N–H and O–H groups in total. The molecular formula is C14H21N3O2. The van der Waals surface area contributed by atoms with Crippen molar-refractivity contribution in [1.82, 2.24) is 15.2 Å². The molecule has 0 aromatic carbocycles. The van der Waals surface area contributed by atoms with Gasteiger partial charge in [-0.1, -0.05) is 0 Å². The molecule has 104 valence electrons. The first kappa shape index (κ1) is 13.8. The lowest BCUT2D eigenvalue weighted by atomic mass is 9.89. The topological polar surface area (TPSA) is 54.5 Å². The normalized spacial score (nSPS) is 18.9. The quantitative estimate of drug-likeness (QED) is 0.893. The molecule has 1 saturated heterocycles. The van der Waals surface area contributed by atoms with E-state index >= 15 is 0 Å². The number of hydrogen-bond donors (Lipinski definition) is 1. The largest absolute Gasteiger partial charge is 0.494 e. The van der Waals surface area contributed by atoms with Crippen LogP contribution in [-0.2, 0) is 0 Å². The molecule has 19 heavy (non-hydrogen) atoms. The van der Waals surface area contributed by atoms with E-state index in [9.17, 15) is 4.79 Å². The fraction of sp³-hybridized carbons (Fsp3) is 0.571. The molecule has 1 aliphatic heterocycles. The highest BCUT2D eigenvalue weighted by atomic mass is 16.5. The van der Waals surface area contributed by atoms with Crippen LogP contribution >= 0.6 is 0 Å². The van der Waals surface area contributed by atoms with Crippen molar-refractivity contribution < 1.29 is 9.53 Å². The van der Waals surface area contributed by atoms with Crippen molar-refractivity contribution in [3.63, 3.8) is 0 Å². The van der Waals surface area contributed by atoms with Crippen molar-refractivity contribution in [3.8, 4) is 5.75 Å². The number of likely N-dealkylation sites (tertiary alicyclic amines) is 1. The maximum atomic E-state index is 12.3. The third-order valence-electron chi connectivity index (χ3n) is 3.71. The van der Waals surface area contributed by atoms with Crippen LogP contribution in [0.1, 0.15) is 30.3 Å². The van der Waals surface area contributed by atoms with E-state index in [0.29, 0.717) is 11.4 Å². The molecule has 5 heteroatoms. The zero-order valence-corrected chi connectivity index (χ0v) is 11.8. The summed E-state index contributed by atoms with van der Waals surface area (Å²) >= 11 is 0. The Hall–Kier alpha value is -1.62. The Labute approximate surface area is 114 Å². The zero-order valence-electron chi connectivity index (χ0n) is 11.8. The molecule has 0 spiro atoms. The number of aromatic nitrogens is 1. The van der Waals surface area contributed by atoms with Gasteiger partial charge in [0, 0.05) is 24.8 Å². The van der Waals surface area contributed by atoms with Crippen LogP contribution in [0.2, 0.25) is 0 Å². The van der Waals surface area contributed by atoms with E-state index in [-0.39, 0.29) is 11.4 Å². The highest BCUT2D eigenvalue weighted by Crippen LogP contribution is 2.22. The molecule has 1 aromatic heterocycles. The summed E-state index contributed by atoms with van der Waals surface area (Å²) in [5.74, 6) is 0.348. The number of rotatable bonds is 3. The van der Waals surface area contributed by atoms with Crippen LogP contribution in [0.4, 0.5) is 0 Å². The second-order valence-electron chi connectivity index (χ2n) is 5.37. The molecule has 1 amide bonds. The Morgan fingerprint density at radius 3 is 2.79 bits per heavy atom.